The molecular formula is C18H29IOSi. The van der Waals surface area contributed by atoms with Crippen LogP contribution in [0.25, 0.3) is 0 Å². The minimum atomic E-state index is 0.204. The van der Waals surface area contributed by atoms with Gasteiger partial charge in [-0.25, -0.2) is 0 Å². The lowest BCUT2D eigenvalue weighted by Crippen LogP contribution is -2.21. The van der Waals surface area contributed by atoms with Gasteiger partial charge in [-0.2, -0.15) is 0 Å². The fourth-order valence-electron chi connectivity index (χ4n) is 3.25. The van der Waals surface area contributed by atoms with Crippen LogP contribution >= 0.6 is 21.8 Å². The lowest BCUT2D eigenvalue weighted by molar-refractivity contribution is 0.0252. The molecule has 1 aromatic rings. The molecule has 1 aromatic carbocycles. The van der Waals surface area contributed by atoms with Gasteiger partial charge in [0.05, 0.1) is 13.1 Å². The number of hydrogen-bond donors (Lipinski definition) is 0. The largest absolute Gasteiger partial charge is 0.378 e. The SMILES string of the molecule is CCCc1ccc([C@H]2CC[C@H](OCCC[SiH2]I)CC2)cc1. The van der Waals surface area contributed by atoms with Crippen molar-refractivity contribution in [2.24, 2.45) is 0 Å². The third-order valence-electron chi connectivity index (χ3n) is 4.55. The number of halogens is 1. The first-order chi connectivity index (χ1) is 10.3. The predicted molar refractivity (Wildman–Crippen MR) is 103 cm³/mol. The van der Waals surface area contributed by atoms with Crippen molar-refractivity contribution in [1.29, 1.82) is 0 Å². The average Bonchev–Trinajstić information content (AvgIpc) is 2.53. The summed E-state index contributed by atoms with van der Waals surface area (Å²) in [6, 6.07) is 10.8. The Labute approximate surface area is 145 Å². The third kappa shape index (κ3) is 6.03. The van der Waals surface area contributed by atoms with E-state index in [-0.39, 0.29) is 7.02 Å². The molecule has 0 bridgehead atoms. The highest BCUT2D eigenvalue weighted by atomic mass is 127. The Bertz CT molecular complexity index is 385. The summed E-state index contributed by atoms with van der Waals surface area (Å²) in [5, 5.41) is 0. The second kappa shape index (κ2) is 10.0. The van der Waals surface area contributed by atoms with Crippen molar-refractivity contribution >= 4 is 28.8 Å². The molecule has 0 aliphatic heterocycles. The van der Waals surface area contributed by atoms with Gasteiger partial charge in [0.2, 0.25) is 0 Å². The predicted octanol–water partition coefficient (Wildman–Crippen LogP) is 5.01. The Morgan fingerprint density at radius 3 is 2.48 bits per heavy atom. The Morgan fingerprint density at radius 1 is 1.14 bits per heavy atom. The zero-order chi connectivity index (χ0) is 14.9. The van der Waals surface area contributed by atoms with Gasteiger partial charge in [-0.1, -0.05) is 43.7 Å². The van der Waals surface area contributed by atoms with Crippen LogP contribution < -0.4 is 0 Å². The molecule has 0 spiro atoms. The van der Waals surface area contributed by atoms with Crippen LogP contribution in [0.2, 0.25) is 6.04 Å². The fraction of sp³-hybridized carbons (Fsp3) is 0.667. The van der Waals surface area contributed by atoms with Gasteiger partial charge in [0, 0.05) is 6.61 Å². The molecule has 0 radical (unpaired) electrons. The van der Waals surface area contributed by atoms with Crippen molar-refractivity contribution in [2.75, 3.05) is 6.61 Å². The number of benzene rings is 1. The molecule has 1 aliphatic rings. The zero-order valence-electron chi connectivity index (χ0n) is 13.3. The summed E-state index contributed by atoms with van der Waals surface area (Å²) < 4.78 is 6.04. The molecule has 0 saturated heterocycles. The molecule has 3 heteroatoms. The molecular weight excluding hydrogens is 387 g/mol. The first kappa shape index (κ1) is 17.5. The quantitative estimate of drug-likeness (QED) is 0.251. The van der Waals surface area contributed by atoms with E-state index in [9.17, 15) is 0 Å². The molecule has 0 atom stereocenters. The molecule has 1 fully saturated rings. The summed E-state index contributed by atoms with van der Waals surface area (Å²) in [6.45, 7) is 3.24. The molecule has 21 heavy (non-hydrogen) atoms. The van der Waals surface area contributed by atoms with E-state index in [1.54, 1.807) is 5.56 Å². The summed E-state index contributed by atoms with van der Waals surface area (Å²) in [4.78, 5) is 0. The summed E-state index contributed by atoms with van der Waals surface area (Å²) in [5.41, 5.74) is 3.03. The van der Waals surface area contributed by atoms with Crippen LogP contribution in [-0.4, -0.2) is 19.7 Å². The third-order valence-corrected chi connectivity index (χ3v) is 7.60. The van der Waals surface area contributed by atoms with Crippen molar-refractivity contribution in [2.45, 2.75) is 69.9 Å². The van der Waals surface area contributed by atoms with Gasteiger partial charge in [0.1, 0.15) is 0 Å². The van der Waals surface area contributed by atoms with Gasteiger partial charge >= 0.3 is 0 Å². The summed E-state index contributed by atoms with van der Waals surface area (Å²) in [6.07, 6.45) is 9.39. The highest BCUT2D eigenvalue weighted by Crippen LogP contribution is 2.34. The second-order valence-corrected chi connectivity index (χ2v) is 10.6. The molecule has 1 saturated carbocycles. The summed E-state index contributed by atoms with van der Waals surface area (Å²) >= 11 is 2.58. The normalized spacial score (nSPS) is 23.0. The smallest absolute Gasteiger partial charge is 0.0938 e. The first-order valence-corrected chi connectivity index (χ1v) is 14.7. The minimum absolute atomic E-state index is 0.204. The van der Waals surface area contributed by atoms with Crippen LogP contribution in [0.1, 0.15) is 62.5 Å². The maximum Gasteiger partial charge on any atom is 0.0938 e. The highest BCUT2D eigenvalue weighted by Gasteiger charge is 2.22. The molecule has 0 N–H and O–H groups in total. The summed E-state index contributed by atoms with van der Waals surface area (Å²) in [7, 11) is 0.204. The number of rotatable bonds is 8. The van der Waals surface area contributed by atoms with E-state index in [2.05, 4.69) is 53.0 Å². The molecule has 1 nitrogen and oxygen atoms in total. The molecule has 0 heterocycles. The van der Waals surface area contributed by atoms with E-state index < -0.39 is 0 Å². The van der Waals surface area contributed by atoms with E-state index in [0.717, 1.165) is 12.5 Å². The van der Waals surface area contributed by atoms with E-state index >= 15 is 0 Å². The Kier molecular flexibility index (Phi) is 8.33. The Morgan fingerprint density at radius 2 is 1.86 bits per heavy atom. The molecule has 2 rings (SSSR count). The van der Waals surface area contributed by atoms with Crippen molar-refractivity contribution in [3.05, 3.63) is 35.4 Å². The lowest BCUT2D eigenvalue weighted by Gasteiger charge is -2.29. The first-order valence-electron chi connectivity index (χ1n) is 8.60. The highest BCUT2D eigenvalue weighted by molar-refractivity contribution is 14.1. The number of ether oxygens (including phenoxy) is 1. The Balaban J connectivity index is 1.73. The molecule has 0 aromatic heterocycles. The van der Waals surface area contributed by atoms with Crippen LogP contribution in [0.4, 0.5) is 0 Å². The van der Waals surface area contributed by atoms with Gasteiger partial charge < -0.3 is 4.74 Å². The van der Waals surface area contributed by atoms with Gasteiger partial charge in [-0.05, 0) is 55.6 Å². The maximum absolute atomic E-state index is 6.04. The van der Waals surface area contributed by atoms with Crippen molar-refractivity contribution in [1.82, 2.24) is 0 Å². The van der Waals surface area contributed by atoms with Gasteiger partial charge in [0.25, 0.3) is 0 Å². The maximum atomic E-state index is 6.04. The average molecular weight is 416 g/mol. The molecule has 0 amide bonds. The van der Waals surface area contributed by atoms with Crippen LogP contribution in [0.15, 0.2) is 24.3 Å². The van der Waals surface area contributed by atoms with Crippen molar-refractivity contribution in [3.8, 4) is 0 Å². The van der Waals surface area contributed by atoms with Crippen LogP contribution in [0.5, 0.6) is 0 Å². The van der Waals surface area contributed by atoms with E-state index in [1.165, 1.54) is 56.6 Å². The molecule has 1 aliphatic carbocycles. The van der Waals surface area contributed by atoms with Crippen molar-refractivity contribution in [3.63, 3.8) is 0 Å². The standard InChI is InChI=1S/C18H29IOSi/c1-2-4-15-5-7-16(8-6-15)17-9-11-18(12-10-17)20-13-3-14-21-19/h5-8,17-18H,2-4,9-14,21H2,1H3/t17-,18-. The topological polar surface area (TPSA) is 9.23 Å². The number of hydrogen-bond acceptors (Lipinski definition) is 1. The van der Waals surface area contributed by atoms with E-state index in [0.29, 0.717) is 6.10 Å². The Hall–Kier alpha value is 0.127. The van der Waals surface area contributed by atoms with E-state index in [1.807, 2.05) is 0 Å². The van der Waals surface area contributed by atoms with Crippen LogP contribution in [0, 0.1) is 0 Å². The van der Waals surface area contributed by atoms with Gasteiger partial charge in [-0.15, -0.1) is 21.8 Å². The monoisotopic (exact) mass is 416 g/mol. The van der Waals surface area contributed by atoms with Crippen LogP contribution in [0.3, 0.4) is 0 Å². The molecule has 0 unspecified atom stereocenters. The van der Waals surface area contributed by atoms with E-state index in [4.69, 9.17) is 4.74 Å². The fourth-order valence-corrected chi connectivity index (χ4v) is 5.27. The lowest BCUT2D eigenvalue weighted by atomic mass is 9.82. The zero-order valence-corrected chi connectivity index (χ0v) is 16.9. The van der Waals surface area contributed by atoms with Crippen LogP contribution in [-0.2, 0) is 11.2 Å². The second-order valence-electron chi connectivity index (χ2n) is 6.23. The van der Waals surface area contributed by atoms with Crippen molar-refractivity contribution < 1.29 is 4.74 Å². The number of aryl methyl sites for hydroxylation is 1. The van der Waals surface area contributed by atoms with Gasteiger partial charge in [0.15, 0.2) is 0 Å². The summed E-state index contributed by atoms with van der Waals surface area (Å²) in [5.74, 6) is 0.766. The van der Waals surface area contributed by atoms with Gasteiger partial charge in [-0.3, -0.25) is 0 Å². The minimum Gasteiger partial charge on any atom is -0.378 e. The molecule has 118 valence electrons.